The van der Waals surface area contributed by atoms with Crippen LogP contribution in [0.4, 0.5) is 10.6 Å². The summed E-state index contributed by atoms with van der Waals surface area (Å²) in [5.41, 5.74) is 0.274. The lowest BCUT2D eigenvalue weighted by Gasteiger charge is -2.22. The van der Waals surface area contributed by atoms with Gasteiger partial charge in [0.1, 0.15) is 17.3 Å². The van der Waals surface area contributed by atoms with E-state index in [1.807, 2.05) is 0 Å². The second-order valence-electron chi connectivity index (χ2n) is 5.44. The highest BCUT2D eigenvalue weighted by molar-refractivity contribution is 6.30. The summed E-state index contributed by atoms with van der Waals surface area (Å²) in [7, 11) is 0. The van der Waals surface area contributed by atoms with Crippen molar-refractivity contribution in [3.63, 3.8) is 0 Å². The number of hydrogen-bond donors (Lipinski definition) is 0. The van der Waals surface area contributed by atoms with Gasteiger partial charge in [-0.15, -0.1) is 0 Å². The first-order valence-electron chi connectivity index (χ1n) is 7.83. The van der Waals surface area contributed by atoms with Gasteiger partial charge in [-0.05, 0) is 24.3 Å². The molecule has 1 atom stereocenters. The van der Waals surface area contributed by atoms with Crippen molar-refractivity contribution in [3.8, 4) is 5.75 Å². The minimum atomic E-state index is -1.16. The zero-order chi connectivity index (χ0) is 18.8. The Morgan fingerprint density at radius 2 is 1.81 bits per heavy atom. The van der Waals surface area contributed by atoms with Crippen LogP contribution in [0.15, 0.2) is 61.1 Å². The predicted molar refractivity (Wildman–Crippen MR) is 94.4 cm³/mol. The molecule has 0 bridgehead atoms. The van der Waals surface area contributed by atoms with Crippen LogP contribution in [0.5, 0.6) is 5.75 Å². The highest BCUT2D eigenvalue weighted by Gasteiger charge is 2.44. The molecule has 0 aliphatic carbocycles. The van der Waals surface area contributed by atoms with Crippen LogP contribution in [-0.2, 0) is 4.74 Å². The third-order valence-corrected chi connectivity index (χ3v) is 3.95. The van der Waals surface area contributed by atoms with Crippen LogP contribution < -0.4 is 9.64 Å². The number of rotatable bonds is 3. The Kier molecular flexibility index (Phi) is 4.39. The molecule has 1 aromatic carbocycles. The second kappa shape index (κ2) is 7.00. The minimum absolute atomic E-state index is 0.0757. The van der Waals surface area contributed by atoms with Gasteiger partial charge in [-0.3, -0.25) is 9.78 Å². The fourth-order valence-corrected chi connectivity index (χ4v) is 2.69. The van der Waals surface area contributed by atoms with Crippen LogP contribution in [0.1, 0.15) is 22.4 Å². The summed E-state index contributed by atoms with van der Waals surface area (Å²) >= 11 is 5.86. The van der Waals surface area contributed by atoms with E-state index in [9.17, 15) is 9.59 Å². The monoisotopic (exact) mass is 382 g/mol. The number of hydrogen-bond acceptors (Lipinski definition) is 7. The molecule has 1 aliphatic rings. The molecule has 4 rings (SSSR count). The molecule has 0 unspecified atom stereocenters. The second-order valence-corrected chi connectivity index (χ2v) is 5.87. The molecule has 0 spiro atoms. The van der Waals surface area contributed by atoms with E-state index in [1.54, 1.807) is 36.4 Å². The number of pyridine rings is 1. The number of benzene rings is 1. The molecule has 3 heterocycles. The van der Waals surface area contributed by atoms with Gasteiger partial charge in [-0.1, -0.05) is 29.8 Å². The van der Waals surface area contributed by atoms with Crippen LogP contribution in [0.25, 0.3) is 0 Å². The lowest BCUT2D eigenvalue weighted by Crippen LogP contribution is -2.32. The summed E-state index contributed by atoms with van der Waals surface area (Å²) in [5, 5.41) is 0.403. The van der Waals surface area contributed by atoms with E-state index in [0.717, 1.165) is 0 Å². The van der Waals surface area contributed by atoms with Gasteiger partial charge in [0.2, 0.25) is 6.23 Å². The van der Waals surface area contributed by atoms with Crippen LogP contribution >= 0.6 is 11.6 Å². The molecule has 0 saturated heterocycles. The van der Waals surface area contributed by atoms with Crippen molar-refractivity contribution >= 4 is 29.5 Å². The standard InChI is InChI=1S/C18H11ClN4O4/c19-11-6-7-13(22-10-11)23-16(24)14-15(21-9-8-20-14)17(23)27-18(25)26-12-4-2-1-3-5-12/h1-10,17H/t17-/m1/s1. The van der Waals surface area contributed by atoms with E-state index in [4.69, 9.17) is 21.1 Å². The van der Waals surface area contributed by atoms with E-state index in [-0.39, 0.29) is 17.2 Å². The Balaban J connectivity index is 1.65. The molecule has 0 saturated carbocycles. The molecule has 0 radical (unpaired) electrons. The summed E-state index contributed by atoms with van der Waals surface area (Å²) in [4.78, 5) is 38.5. The molecule has 8 nitrogen and oxygen atoms in total. The van der Waals surface area contributed by atoms with Gasteiger partial charge in [0, 0.05) is 18.6 Å². The van der Waals surface area contributed by atoms with Crippen molar-refractivity contribution in [2.75, 3.05) is 4.90 Å². The van der Waals surface area contributed by atoms with Gasteiger partial charge in [-0.2, -0.15) is 0 Å². The molecule has 134 valence electrons. The topological polar surface area (TPSA) is 94.5 Å². The zero-order valence-corrected chi connectivity index (χ0v) is 14.4. The van der Waals surface area contributed by atoms with E-state index < -0.39 is 18.3 Å². The van der Waals surface area contributed by atoms with E-state index in [2.05, 4.69) is 15.0 Å². The summed E-state index contributed by atoms with van der Waals surface area (Å²) in [6.07, 6.45) is 2.02. The van der Waals surface area contributed by atoms with Crippen LogP contribution in [0, 0.1) is 0 Å². The van der Waals surface area contributed by atoms with Gasteiger partial charge in [-0.25, -0.2) is 19.7 Å². The first-order valence-corrected chi connectivity index (χ1v) is 8.21. The van der Waals surface area contributed by atoms with E-state index in [1.165, 1.54) is 29.6 Å². The van der Waals surface area contributed by atoms with Crippen molar-refractivity contribution in [1.82, 2.24) is 15.0 Å². The average Bonchev–Trinajstić information content (AvgIpc) is 2.96. The lowest BCUT2D eigenvalue weighted by atomic mass is 10.3. The number of fused-ring (bicyclic) bond motifs is 1. The zero-order valence-electron chi connectivity index (χ0n) is 13.7. The molecule has 3 aromatic rings. The van der Waals surface area contributed by atoms with Gasteiger partial charge in [0.25, 0.3) is 5.91 Å². The number of ether oxygens (including phenoxy) is 2. The van der Waals surface area contributed by atoms with E-state index in [0.29, 0.717) is 10.8 Å². The quantitative estimate of drug-likeness (QED) is 0.506. The maximum atomic E-state index is 12.8. The van der Waals surface area contributed by atoms with Crippen molar-refractivity contribution in [3.05, 3.63) is 77.5 Å². The van der Waals surface area contributed by atoms with Crippen LogP contribution in [-0.4, -0.2) is 27.0 Å². The lowest BCUT2D eigenvalue weighted by molar-refractivity contribution is 0.0555. The molecule has 1 amide bonds. The van der Waals surface area contributed by atoms with E-state index >= 15 is 0 Å². The molecule has 0 N–H and O–H groups in total. The number of para-hydroxylation sites is 1. The number of aromatic nitrogens is 3. The molecule has 0 fully saturated rings. The number of nitrogens with zero attached hydrogens (tertiary/aromatic N) is 4. The highest BCUT2D eigenvalue weighted by Crippen LogP contribution is 2.35. The number of carbonyl (C=O) groups is 2. The van der Waals surface area contributed by atoms with Crippen molar-refractivity contribution < 1.29 is 19.1 Å². The highest BCUT2D eigenvalue weighted by atomic mass is 35.5. The summed E-state index contributed by atoms with van der Waals surface area (Å²) in [6, 6.07) is 11.5. The van der Waals surface area contributed by atoms with Gasteiger partial charge in [0.05, 0.1) is 5.02 Å². The van der Waals surface area contributed by atoms with Crippen molar-refractivity contribution in [1.29, 1.82) is 0 Å². The van der Waals surface area contributed by atoms with Crippen molar-refractivity contribution in [2.45, 2.75) is 6.23 Å². The maximum absolute atomic E-state index is 12.8. The molecule has 27 heavy (non-hydrogen) atoms. The SMILES string of the molecule is O=C(Oc1ccccc1)O[C@@H]1c2nccnc2C(=O)N1c1ccc(Cl)cn1. The van der Waals surface area contributed by atoms with Gasteiger partial charge < -0.3 is 9.47 Å². The largest absolute Gasteiger partial charge is 0.516 e. The molecular weight excluding hydrogens is 372 g/mol. The first kappa shape index (κ1) is 16.9. The maximum Gasteiger partial charge on any atom is 0.516 e. The number of anilines is 1. The average molecular weight is 383 g/mol. The summed E-state index contributed by atoms with van der Waals surface area (Å²) < 4.78 is 10.5. The number of amides is 1. The van der Waals surface area contributed by atoms with Crippen molar-refractivity contribution in [2.24, 2.45) is 0 Å². The predicted octanol–water partition coefficient (Wildman–Crippen LogP) is 3.40. The first-order chi connectivity index (χ1) is 13.1. The summed E-state index contributed by atoms with van der Waals surface area (Å²) in [5.74, 6) is 0.0505. The van der Waals surface area contributed by atoms with Gasteiger partial charge in [0.15, 0.2) is 5.69 Å². The van der Waals surface area contributed by atoms with Gasteiger partial charge >= 0.3 is 6.16 Å². The van der Waals surface area contributed by atoms with Crippen LogP contribution in [0.3, 0.4) is 0 Å². The van der Waals surface area contributed by atoms with Crippen LogP contribution in [0.2, 0.25) is 5.02 Å². The molecule has 2 aromatic heterocycles. The third kappa shape index (κ3) is 3.30. The Labute approximate surface area is 158 Å². The Morgan fingerprint density at radius 3 is 2.56 bits per heavy atom. The number of carbonyl (C=O) groups excluding carboxylic acids is 2. The normalized spacial score (nSPS) is 15.4. The Hall–Kier alpha value is -3.52. The molecule has 9 heteroatoms. The smallest absolute Gasteiger partial charge is 0.403 e. The Morgan fingerprint density at radius 1 is 1.04 bits per heavy atom. The Bertz CT molecular complexity index is 998. The molecule has 1 aliphatic heterocycles. The molecular formula is C18H11ClN4O4. The number of halogens is 1. The fourth-order valence-electron chi connectivity index (χ4n) is 2.58. The summed E-state index contributed by atoms with van der Waals surface area (Å²) in [6.45, 7) is 0. The fraction of sp³-hybridized carbons (Fsp3) is 0.0556. The minimum Gasteiger partial charge on any atom is -0.403 e. The third-order valence-electron chi connectivity index (χ3n) is 3.73.